The second kappa shape index (κ2) is 9.28. The highest BCUT2D eigenvalue weighted by atomic mass is 35.5. The minimum Gasteiger partial charge on any atom is -0.398 e. The van der Waals surface area contributed by atoms with Crippen molar-refractivity contribution in [2.45, 2.75) is 18.6 Å². The van der Waals surface area contributed by atoms with E-state index in [-0.39, 0.29) is 17.4 Å². The van der Waals surface area contributed by atoms with Crippen LogP contribution < -0.4 is 5.73 Å². The number of carbonyl (C=O) groups is 2. The number of hydrogen-bond donors (Lipinski definition) is 1. The largest absolute Gasteiger partial charge is 0.398 e. The van der Waals surface area contributed by atoms with E-state index in [1.165, 1.54) is 0 Å². The van der Waals surface area contributed by atoms with Crippen LogP contribution in [-0.4, -0.2) is 40.9 Å². The summed E-state index contributed by atoms with van der Waals surface area (Å²) in [5.74, 6) is -0.447. The van der Waals surface area contributed by atoms with Gasteiger partial charge in [-0.05, 0) is 35.4 Å². The van der Waals surface area contributed by atoms with E-state index in [9.17, 15) is 9.59 Å². The summed E-state index contributed by atoms with van der Waals surface area (Å²) in [6, 6.07) is 23.6. The summed E-state index contributed by atoms with van der Waals surface area (Å²) < 4.78 is 0. The van der Waals surface area contributed by atoms with Crippen LogP contribution in [-0.2, 0) is 11.2 Å². The Hall–Kier alpha value is -3.57. The van der Waals surface area contributed by atoms with Gasteiger partial charge in [0, 0.05) is 24.2 Å². The number of halogens is 1. The Kier molecular flexibility index (Phi) is 6.28. The zero-order chi connectivity index (χ0) is 22.7. The second-order valence-electron chi connectivity index (χ2n) is 7.78. The Bertz CT molecular complexity index is 1150. The Morgan fingerprint density at radius 3 is 2.38 bits per heavy atom. The smallest absolute Gasteiger partial charge is 0.258 e. The number of anilines is 1. The summed E-state index contributed by atoms with van der Waals surface area (Å²) in [6.45, 7) is 0. The van der Waals surface area contributed by atoms with Gasteiger partial charge in [-0.15, -0.1) is 0 Å². The highest BCUT2D eigenvalue weighted by Crippen LogP contribution is 2.29. The van der Waals surface area contributed by atoms with Crippen LogP contribution in [0.4, 0.5) is 5.69 Å². The number of amides is 2. The predicted octanol–water partition coefficient (Wildman–Crippen LogP) is 4.49. The normalized spacial score (nSPS) is 18.5. The third-order valence-electron chi connectivity index (χ3n) is 5.66. The molecular weight excluding hydrogens is 422 g/mol. The van der Waals surface area contributed by atoms with Gasteiger partial charge in [0.1, 0.15) is 12.2 Å². The summed E-state index contributed by atoms with van der Waals surface area (Å²) in [5.41, 5.74) is 8.68. The van der Waals surface area contributed by atoms with Crippen LogP contribution in [0.25, 0.3) is 6.08 Å². The standard InChI is InChI=1S/C26H24ClN3O2/c1-29-24(15-12-18-8-4-2-5-9-18)30(25(31)21-17-20(27)13-14-22(21)28)23(26(29)32)16-19-10-6-3-7-11-19/h2-15,17,23-24H,16,28H2,1H3/b15-12+/t23-,24+/m0/s1. The van der Waals surface area contributed by atoms with Gasteiger partial charge < -0.3 is 15.5 Å². The molecule has 0 aromatic heterocycles. The summed E-state index contributed by atoms with van der Waals surface area (Å²) in [5, 5.41) is 0.414. The summed E-state index contributed by atoms with van der Waals surface area (Å²) in [4.78, 5) is 30.2. The third kappa shape index (κ3) is 4.39. The molecule has 2 atom stereocenters. The van der Waals surface area contributed by atoms with Gasteiger partial charge >= 0.3 is 0 Å². The number of nitrogen functional groups attached to an aromatic ring is 1. The van der Waals surface area contributed by atoms with Crippen molar-refractivity contribution < 1.29 is 9.59 Å². The van der Waals surface area contributed by atoms with Gasteiger partial charge in [0.25, 0.3) is 5.91 Å². The fraction of sp³-hybridized carbons (Fsp3) is 0.154. The van der Waals surface area contributed by atoms with Gasteiger partial charge in [0.15, 0.2) is 0 Å². The molecular formula is C26H24ClN3O2. The lowest BCUT2D eigenvalue weighted by molar-refractivity contribution is -0.128. The molecule has 32 heavy (non-hydrogen) atoms. The van der Waals surface area contributed by atoms with Crippen LogP contribution in [0, 0.1) is 0 Å². The second-order valence-corrected chi connectivity index (χ2v) is 8.22. The Morgan fingerprint density at radius 1 is 1.03 bits per heavy atom. The van der Waals surface area contributed by atoms with Gasteiger partial charge in [-0.2, -0.15) is 0 Å². The first-order valence-corrected chi connectivity index (χ1v) is 10.7. The molecule has 0 radical (unpaired) electrons. The van der Waals surface area contributed by atoms with E-state index in [4.69, 9.17) is 17.3 Å². The predicted molar refractivity (Wildman–Crippen MR) is 128 cm³/mol. The first-order chi connectivity index (χ1) is 15.5. The van der Waals surface area contributed by atoms with E-state index < -0.39 is 12.2 Å². The number of rotatable bonds is 5. The Labute approximate surface area is 192 Å². The molecule has 1 aliphatic rings. The highest BCUT2D eigenvalue weighted by molar-refractivity contribution is 6.31. The van der Waals surface area contributed by atoms with Crippen molar-refractivity contribution in [1.82, 2.24) is 9.80 Å². The van der Waals surface area contributed by atoms with Gasteiger partial charge in [0.05, 0.1) is 5.56 Å². The SMILES string of the molecule is CN1C(=O)[C@H](Cc2ccccc2)N(C(=O)c2cc(Cl)ccc2N)[C@@H]1/C=C/c1ccccc1. The molecule has 0 unspecified atom stereocenters. The average Bonchev–Trinajstić information content (AvgIpc) is 3.04. The quantitative estimate of drug-likeness (QED) is 0.588. The maximum atomic E-state index is 13.7. The topological polar surface area (TPSA) is 66.6 Å². The molecule has 0 spiro atoms. The molecule has 1 saturated heterocycles. The zero-order valence-electron chi connectivity index (χ0n) is 17.7. The van der Waals surface area contributed by atoms with Crippen molar-refractivity contribution in [3.05, 3.63) is 107 Å². The molecule has 2 amide bonds. The molecule has 162 valence electrons. The lowest BCUT2D eigenvalue weighted by Crippen LogP contribution is -2.44. The van der Waals surface area contributed by atoms with Crippen LogP contribution in [0.2, 0.25) is 5.02 Å². The maximum absolute atomic E-state index is 13.7. The van der Waals surface area contributed by atoms with Gasteiger partial charge in [-0.1, -0.05) is 78.3 Å². The molecule has 0 bridgehead atoms. The van der Waals surface area contributed by atoms with Crippen LogP contribution >= 0.6 is 11.6 Å². The zero-order valence-corrected chi connectivity index (χ0v) is 18.4. The van der Waals surface area contributed by atoms with Gasteiger partial charge in [0.2, 0.25) is 5.91 Å². The van der Waals surface area contributed by atoms with Gasteiger partial charge in [-0.25, -0.2) is 0 Å². The fourth-order valence-electron chi connectivity index (χ4n) is 3.98. The van der Waals surface area contributed by atoms with Crippen molar-refractivity contribution in [2.24, 2.45) is 0 Å². The molecule has 2 N–H and O–H groups in total. The number of nitrogens with zero attached hydrogens (tertiary/aromatic N) is 2. The Balaban J connectivity index is 1.75. The molecule has 5 nitrogen and oxygen atoms in total. The molecule has 3 aromatic carbocycles. The number of benzene rings is 3. The van der Waals surface area contributed by atoms with E-state index >= 15 is 0 Å². The van der Waals surface area contributed by atoms with Crippen LogP contribution in [0.5, 0.6) is 0 Å². The van der Waals surface area contributed by atoms with Crippen molar-refractivity contribution in [3.63, 3.8) is 0 Å². The molecule has 0 aliphatic carbocycles. The van der Waals surface area contributed by atoms with Crippen molar-refractivity contribution in [3.8, 4) is 0 Å². The number of likely N-dealkylation sites (N-methyl/N-ethyl adjacent to an activating group) is 1. The fourth-order valence-corrected chi connectivity index (χ4v) is 4.15. The van der Waals surface area contributed by atoms with Crippen molar-refractivity contribution in [1.29, 1.82) is 0 Å². The van der Waals surface area contributed by atoms with Crippen molar-refractivity contribution in [2.75, 3.05) is 12.8 Å². The number of carbonyl (C=O) groups excluding carboxylic acids is 2. The minimum absolute atomic E-state index is 0.120. The number of hydrogen-bond acceptors (Lipinski definition) is 3. The van der Waals surface area contributed by atoms with E-state index in [1.807, 2.05) is 72.8 Å². The van der Waals surface area contributed by atoms with E-state index in [1.54, 1.807) is 35.0 Å². The van der Waals surface area contributed by atoms with Crippen LogP contribution in [0.1, 0.15) is 21.5 Å². The van der Waals surface area contributed by atoms with Crippen molar-refractivity contribution >= 4 is 35.2 Å². The molecule has 0 saturated carbocycles. The maximum Gasteiger partial charge on any atom is 0.258 e. The van der Waals surface area contributed by atoms with E-state index in [2.05, 4.69) is 0 Å². The lowest BCUT2D eigenvalue weighted by atomic mass is 10.0. The monoisotopic (exact) mass is 445 g/mol. The minimum atomic E-state index is -0.654. The van der Waals surface area contributed by atoms with Crippen LogP contribution in [0.15, 0.2) is 84.9 Å². The average molecular weight is 446 g/mol. The Morgan fingerprint density at radius 2 is 1.69 bits per heavy atom. The lowest BCUT2D eigenvalue weighted by Gasteiger charge is -2.28. The van der Waals surface area contributed by atoms with Gasteiger partial charge in [-0.3, -0.25) is 9.59 Å². The molecule has 1 fully saturated rings. The molecule has 1 heterocycles. The van der Waals surface area contributed by atoms with Crippen LogP contribution in [0.3, 0.4) is 0 Å². The molecule has 6 heteroatoms. The summed E-state index contributed by atoms with van der Waals surface area (Å²) in [7, 11) is 1.72. The highest BCUT2D eigenvalue weighted by Gasteiger charge is 2.46. The first-order valence-electron chi connectivity index (χ1n) is 10.4. The summed E-state index contributed by atoms with van der Waals surface area (Å²) >= 11 is 6.15. The molecule has 3 aromatic rings. The summed E-state index contributed by atoms with van der Waals surface area (Å²) in [6.07, 6.45) is 3.64. The third-order valence-corrected chi connectivity index (χ3v) is 5.90. The molecule has 4 rings (SSSR count). The molecule has 1 aliphatic heterocycles. The number of nitrogens with two attached hydrogens (primary N) is 1. The van der Waals surface area contributed by atoms with E-state index in [0.29, 0.717) is 17.1 Å². The van der Waals surface area contributed by atoms with E-state index in [0.717, 1.165) is 11.1 Å². The first kappa shape index (κ1) is 21.7.